The third kappa shape index (κ3) is 1.40. The van der Waals surface area contributed by atoms with Crippen LogP contribution >= 0.6 is 0 Å². The maximum Gasteiger partial charge on any atom is 0.317 e. The monoisotopic (exact) mass is 142 g/mol. The molecule has 4 heteroatoms. The van der Waals surface area contributed by atoms with E-state index in [9.17, 15) is 4.79 Å². The van der Waals surface area contributed by atoms with Gasteiger partial charge in [0.25, 0.3) is 0 Å². The maximum atomic E-state index is 10.8. The van der Waals surface area contributed by atoms with E-state index in [1.165, 1.54) is 4.90 Å². The molecular formula is C6H10N2O2. The van der Waals surface area contributed by atoms with Gasteiger partial charge in [-0.25, -0.2) is 4.79 Å². The summed E-state index contributed by atoms with van der Waals surface area (Å²) in [5.41, 5.74) is 0. The molecule has 0 spiro atoms. The van der Waals surface area contributed by atoms with Gasteiger partial charge in [-0.15, -0.1) is 0 Å². The Kier molecular flexibility index (Phi) is 1.80. The lowest BCUT2D eigenvalue weighted by Crippen LogP contribution is -2.29. The average molecular weight is 142 g/mol. The molecule has 1 rings (SSSR count). The first-order valence-corrected chi connectivity index (χ1v) is 3.09. The summed E-state index contributed by atoms with van der Waals surface area (Å²) in [6.45, 7) is 4.84. The third-order valence-electron chi connectivity index (χ3n) is 1.32. The molecule has 0 aromatic heterocycles. The molecule has 1 heterocycles. The summed E-state index contributed by atoms with van der Waals surface area (Å²) in [6.07, 6.45) is 0. The van der Waals surface area contributed by atoms with Crippen molar-refractivity contribution in [2.45, 2.75) is 0 Å². The standard InChI is InChI=1S/C6H10N2O2/c1-5(9)4-8-3-2-7-6(8)10/h9H,1-4H2,(H,7,10). The summed E-state index contributed by atoms with van der Waals surface area (Å²) >= 11 is 0. The molecule has 1 saturated heterocycles. The van der Waals surface area contributed by atoms with Crippen molar-refractivity contribution >= 4 is 6.03 Å². The minimum atomic E-state index is -0.129. The van der Waals surface area contributed by atoms with E-state index < -0.39 is 0 Å². The van der Waals surface area contributed by atoms with Crippen molar-refractivity contribution in [2.75, 3.05) is 19.6 Å². The zero-order chi connectivity index (χ0) is 7.56. The van der Waals surface area contributed by atoms with Gasteiger partial charge in [-0.05, 0) is 0 Å². The first-order valence-electron chi connectivity index (χ1n) is 3.09. The van der Waals surface area contributed by atoms with Crippen LogP contribution < -0.4 is 5.32 Å². The summed E-state index contributed by atoms with van der Waals surface area (Å²) in [5, 5.41) is 11.3. The van der Waals surface area contributed by atoms with E-state index >= 15 is 0 Å². The van der Waals surface area contributed by atoms with Crippen LogP contribution in [0, 0.1) is 0 Å². The Morgan fingerprint density at radius 3 is 3.00 bits per heavy atom. The van der Waals surface area contributed by atoms with Crippen LogP contribution in [0.5, 0.6) is 0 Å². The third-order valence-corrected chi connectivity index (χ3v) is 1.32. The fourth-order valence-electron chi connectivity index (χ4n) is 0.882. The zero-order valence-electron chi connectivity index (χ0n) is 5.63. The van der Waals surface area contributed by atoms with Crippen molar-refractivity contribution < 1.29 is 9.90 Å². The van der Waals surface area contributed by atoms with E-state index in [0.29, 0.717) is 13.1 Å². The molecule has 56 valence electrons. The molecule has 1 aliphatic rings. The number of carbonyl (C=O) groups is 1. The summed E-state index contributed by atoms with van der Waals surface area (Å²) in [6, 6.07) is -0.129. The second-order valence-corrected chi connectivity index (χ2v) is 2.22. The molecule has 10 heavy (non-hydrogen) atoms. The molecule has 4 nitrogen and oxygen atoms in total. The molecule has 0 aromatic rings. The van der Waals surface area contributed by atoms with Crippen LogP contribution in [0.2, 0.25) is 0 Å². The summed E-state index contributed by atoms with van der Waals surface area (Å²) in [7, 11) is 0. The Morgan fingerprint density at radius 2 is 2.60 bits per heavy atom. The fraction of sp³-hybridized carbons (Fsp3) is 0.500. The highest BCUT2D eigenvalue weighted by atomic mass is 16.3. The average Bonchev–Trinajstić information content (AvgIpc) is 2.15. The van der Waals surface area contributed by atoms with Gasteiger partial charge in [0.2, 0.25) is 0 Å². The molecule has 2 amide bonds. The fourth-order valence-corrected chi connectivity index (χ4v) is 0.882. The van der Waals surface area contributed by atoms with Crippen molar-refractivity contribution in [2.24, 2.45) is 0 Å². The number of nitrogens with zero attached hydrogens (tertiary/aromatic N) is 1. The zero-order valence-corrected chi connectivity index (χ0v) is 5.63. The Labute approximate surface area is 59.1 Å². The van der Waals surface area contributed by atoms with Gasteiger partial charge in [0, 0.05) is 13.1 Å². The Hall–Kier alpha value is -1.19. The molecule has 1 aliphatic heterocycles. The predicted molar refractivity (Wildman–Crippen MR) is 36.7 cm³/mol. The van der Waals surface area contributed by atoms with Gasteiger partial charge in [0.15, 0.2) is 0 Å². The van der Waals surface area contributed by atoms with Gasteiger partial charge in [-0.2, -0.15) is 0 Å². The number of aliphatic hydroxyl groups is 1. The summed E-state index contributed by atoms with van der Waals surface area (Å²) < 4.78 is 0. The van der Waals surface area contributed by atoms with Gasteiger partial charge in [-0.3, -0.25) is 0 Å². The van der Waals surface area contributed by atoms with E-state index in [1.54, 1.807) is 0 Å². The SMILES string of the molecule is C=C(O)CN1CCNC1=O. The number of aliphatic hydroxyl groups excluding tert-OH is 1. The lowest BCUT2D eigenvalue weighted by molar-refractivity contribution is 0.214. The molecule has 0 aliphatic carbocycles. The van der Waals surface area contributed by atoms with Gasteiger partial charge >= 0.3 is 6.03 Å². The Bertz CT molecular complexity index is 167. The van der Waals surface area contributed by atoms with E-state index in [1.807, 2.05) is 0 Å². The van der Waals surface area contributed by atoms with Crippen LogP contribution in [-0.2, 0) is 0 Å². The minimum absolute atomic E-state index is 0.0250. The van der Waals surface area contributed by atoms with Crippen molar-refractivity contribution in [1.29, 1.82) is 0 Å². The van der Waals surface area contributed by atoms with Crippen molar-refractivity contribution in [1.82, 2.24) is 10.2 Å². The second-order valence-electron chi connectivity index (χ2n) is 2.22. The van der Waals surface area contributed by atoms with Crippen LogP contribution in [0.1, 0.15) is 0 Å². The molecule has 0 unspecified atom stereocenters. The number of urea groups is 1. The number of nitrogens with one attached hydrogen (secondary N) is 1. The number of amides is 2. The summed E-state index contributed by atoms with van der Waals surface area (Å²) in [5.74, 6) is 0.0250. The number of hydrogen-bond acceptors (Lipinski definition) is 2. The largest absolute Gasteiger partial charge is 0.511 e. The predicted octanol–water partition coefficient (Wildman–Crippen LogP) is 0.0833. The molecule has 2 N–H and O–H groups in total. The van der Waals surface area contributed by atoms with Gasteiger partial charge < -0.3 is 15.3 Å². The Balaban J connectivity index is 2.40. The van der Waals surface area contributed by atoms with Crippen molar-refractivity contribution in [3.8, 4) is 0 Å². The first-order chi connectivity index (χ1) is 4.70. The molecular weight excluding hydrogens is 132 g/mol. The van der Waals surface area contributed by atoms with Crippen molar-refractivity contribution in [3.05, 3.63) is 12.3 Å². The van der Waals surface area contributed by atoms with Crippen LogP contribution in [0.25, 0.3) is 0 Å². The summed E-state index contributed by atoms with van der Waals surface area (Å²) in [4.78, 5) is 12.3. The van der Waals surface area contributed by atoms with E-state index in [0.717, 1.165) is 0 Å². The first kappa shape index (κ1) is 6.92. The van der Waals surface area contributed by atoms with Gasteiger partial charge in [-0.1, -0.05) is 6.58 Å². The van der Waals surface area contributed by atoms with Crippen LogP contribution in [0.15, 0.2) is 12.3 Å². The van der Waals surface area contributed by atoms with Gasteiger partial charge in [0.05, 0.1) is 6.54 Å². The lowest BCUT2D eigenvalue weighted by atomic mass is 10.5. The van der Waals surface area contributed by atoms with Crippen molar-refractivity contribution in [3.63, 3.8) is 0 Å². The quantitative estimate of drug-likeness (QED) is 0.536. The molecule has 0 atom stereocenters. The van der Waals surface area contributed by atoms with E-state index in [4.69, 9.17) is 5.11 Å². The number of rotatable bonds is 2. The maximum absolute atomic E-state index is 10.8. The smallest absolute Gasteiger partial charge is 0.317 e. The molecule has 0 aromatic carbocycles. The van der Waals surface area contributed by atoms with E-state index in [2.05, 4.69) is 11.9 Å². The second kappa shape index (κ2) is 2.60. The van der Waals surface area contributed by atoms with Crippen LogP contribution in [0.3, 0.4) is 0 Å². The van der Waals surface area contributed by atoms with Crippen LogP contribution in [-0.4, -0.2) is 35.7 Å². The highest BCUT2D eigenvalue weighted by Gasteiger charge is 2.18. The van der Waals surface area contributed by atoms with Gasteiger partial charge in [0.1, 0.15) is 5.76 Å². The minimum Gasteiger partial charge on any atom is -0.511 e. The normalized spacial score (nSPS) is 17.2. The van der Waals surface area contributed by atoms with Crippen LogP contribution in [0.4, 0.5) is 4.79 Å². The molecule has 1 fully saturated rings. The lowest BCUT2D eigenvalue weighted by Gasteiger charge is -2.11. The topological polar surface area (TPSA) is 52.6 Å². The number of carbonyl (C=O) groups excluding carboxylic acids is 1. The van der Waals surface area contributed by atoms with E-state index in [-0.39, 0.29) is 18.3 Å². The Morgan fingerprint density at radius 1 is 1.90 bits per heavy atom. The highest BCUT2D eigenvalue weighted by molar-refractivity contribution is 5.76. The number of hydrogen-bond donors (Lipinski definition) is 2. The molecule has 0 bridgehead atoms. The molecule has 0 radical (unpaired) electrons. The highest BCUT2D eigenvalue weighted by Crippen LogP contribution is 1.98. The molecule has 0 saturated carbocycles.